The number of hydrogen-bond acceptors (Lipinski definition) is 5. The van der Waals surface area contributed by atoms with E-state index in [-0.39, 0.29) is 5.91 Å². The molecule has 1 N–H and O–H groups in total. The van der Waals surface area contributed by atoms with Crippen molar-refractivity contribution >= 4 is 34.3 Å². The van der Waals surface area contributed by atoms with Crippen molar-refractivity contribution in [1.29, 1.82) is 0 Å². The first-order valence-corrected chi connectivity index (χ1v) is 9.57. The second-order valence-electron chi connectivity index (χ2n) is 6.69. The molecule has 3 aromatic carbocycles. The molecule has 0 unspecified atom stereocenters. The van der Waals surface area contributed by atoms with Gasteiger partial charge in [0.25, 0.3) is 5.91 Å². The molecule has 0 saturated heterocycles. The van der Waals surface area contributed by atoms with E-state index in [2.05, 4.69) is 10.3 Å². The standard InChI is InChI=1S/C23H19ClN2O4/c1-13-4-5-14(10-17(13)24)22(27)25-16-7-9-19-18(12-16)26-23(30-19)15-6-8-20(28-2)21(11-15)29-3/h4-12H,1-3H3,(H,25,27). The van der Waals surface area contributed by atoms with Crippen LogP contribution in [0.25, 0.3) is 22.6 Å². The smallest absolute Gasteiger partial charge is 0.255 e. The monoisotopic (exact) mass is 422 g/mol. The lowest BCUT2D eigenvalue weighted by molar-refractivity contribution is 0.102. The Balaban J connectivity index is 1.61. The molecular weight excluding hydrogens is 404 g/mol. The summed E-state index contributed by atoms with van der Waals surface area (Å²) in [7, 11) is 3.15. The highest BCUT2D eigenvalue weighted by atomic mass is 35.5. The number of fused-ring (bicyclic) bond motifs is 1. The van der Waals surface area contributed by atoms with Crippen molar-refractivity contribution in [3.05, 3.63) is 70.7 Å². The average Bonchev–Trinajstić information content (AvgIpc) is 3.18. The van der Waals surface area contributed by atoms with Gasteiger partial charge in [-0.25, -0.2) is 4.98 Å². The highest BCUT2D eigenvalue weighted by Crippen LogP contribution is 2.33. The maximum absolute atomic E-state index is 12.5. The van der Waals surface area contributed by atoms with E-state index in [1.165, 1.54) is 0 Å². The first-order valence-electron chi connectivity index (χ1n) is 9.19. The third-order valence-corrected chi connectivity index (χ3v) is 5.12. The van der Waals surface area contributed by atoms with E-state index in [1.807, 2.05) is 19.1 Å². The van der Waals surface area contributed by atoms with E-state index in [9.17, 15) is 4.79 Å². The minimum Gasteiger partial charge on any atom is -0.493 e. The van der Waals surface area contributed by atoms with Crippen molar-refractivity contribution in [2.75, 3.05) is 19.5 Å². The number of nitrogens with one attached hydrogen (secondary N) is 1. The maximum atomic E-state index is 12.5. The molecule has 0 radical (unpaired) electrons. The number of halogens is 1. The van der Waals surface area contributed by atoms with Crippen molar-refractivity contribution in [2.45, 2.75) is 6.92 Å². The zero-order valence-corrected chi connectivity index (χ0v) is 17.4. The SMILES string of the molecule is COc1ccc(-c2nc3cc(NC(=O)c4ccc(C)c(Cl)c4)ccc3o2)cc1OC. The number of carbonyl (C=O) groups is 1. The highest BCUT2D eigenvalue weighted by molar-refractivity contribution is 6.31. The highest BCUT2D eigenvalue weighted by Gasteiger charge is 2.14. The van der Waals surface area contributed by atoms with Gasteiger partial charge in [0, 0.05) is 21.8 Å². The Bertz CT molecular complexity index is 1250. The predicted molar refractivity (Wildman–Crippen MR) is 117 cm³/mol. The number of carbonyl (C=O) groups excluding carboxylic acids is 1. The van der Waals surface area contributed by atoms with Crippen LogP contribution in [0, 0.1) is 6.92 Å². The lowest BCUT2D eigenvalue weighted by Gasteiger charge is -2.07. The molecule has 6 nitrogen and oxygen atoms in total. The molecule has 0 aliphatic heterocycles. The predicted octanol–water partition coefficient (Wildman–Crippen LogP) is 5.73. The molecule has 4 rings (SSSR count). The summed E-state index contributed by atoms with van der Waals surface area (Å²) >= 11 is 6.12. The zero-order chi connectivity index (χ0) is 21.3. The van der Waals surface area contributed by atoms with Crippen LogP contribution in [0.5, 0.6) is 11.5 Å². The lowest BCUT2D eigenvalue weighted by atomic mass is 10.1. The minimum atomic E-state index is -0.250. The van der Waals surface area contributed by atoms with Crippen LogP contribution in [0.2, 0.25) is 5.02 Å². The summed E-state index contributed by atoms with van der Waals surface area (Å²) in [5, 5.41) is 3.41. The third-order valence-electron chi connectivity index (χ3n) is 4.71. The molecule has 0 aliphatic carbocycles. The fourth-order valence-electron chi connectivity index (χ4n) is 3.04. The number of nitrogens with zero attached hydrogens (tertiary/aromatic N) is 1. The summed E-state index contributed by atoms with van der Waals surface area (Å²) in [6.45, 7) is 1.89. The summed E-state index contributed by atoms with van der Waals surface area (Å²) < 4.78 is 16.5. The van der Waals surface area contributed by atoms with Crippen molar-refractivity contribution < 1.29 is 18.7 Å². The number of amides is 1. The van der Waals surface area contributed by atoms with Gasteiger partial charge in [0.1, 0.15) is 5.52 Å². The van der Waals surface area contributed by atoms with Crippen molar-refractivity contribution in [3.8, 4) is 23.0 Å². The fourth-order valence-corrected chi connectivity index (χ4v) is 3.22. The Morgan fingerprint density at radius 3 is 2.53 bits per heavy atom. The molecule has 30 heavy (non-hydrogen) atoms. The number of anilines is 1. The maximum Gasteiger partial charge on any atom is 0.255 e. The summed E-state index contributed by atoms with van der Waals surface area (Å²) in [5.74, 6) is 1.40. The van der Waals surface area contributed by atoms with Crippen molar-refractivity contribution in [3.63, 3.8) is 0 Å². The second-order valence-corrected chi connectivity index (χ2v) is 7.10. The Kier molecular flexibility index (Phi) is 5.33. The number of benzene rings is 3. The number of aromatic nitrogens is 1. The average molecular weight is 423 g/mol. The largest absolute Gasteiger partial charge is 0.493 e. The quantitative estimate of drug-likeness (QED) is 0.444. The van der Waals surface area contributed by atoms with Crippen LogP contribution in [0.15, 0.2) is 59.0 Å². The number of hydrogen-bond donors (Lipinski definition) is 1. The van der Waals surface area contributed by atoms with Crippen LogP contribution in [-0.2, 0) is 0 Å². The fraction of sp³-hybridized carbons (Fsp3) is 0.130. The Morgan fingerprint density at radius 2 is 1.80 bits per heavy atom. The second kappa shape index (κ2) is 8.08. The van der Waals surface area contributed by atoms with Gasteiger partial charge in [0.05, 0.1) is 14.2 Å². The minimum absolute atomic E-state index is 0.250. The molecule has 0 aliphatic rings. The van der Waals surface area contributed by atoms with Gasteiger partial charge in [0.2, 0.25) is 5.89 Å². The van der Waals surface area contributed by atoms with Crippen LogP contribution in [0.3, 0.4) is 0 Å². The number of aryl methyl sites for hydroxylation is 1. The number of rotatable bonds is 5. The molecule has 0 spiro atoms. The molecule has 0 fully saturated rings. The van der Waals surface area contributed by atoms with Crippen molar-refractivity contribution in [1.82, 2.24) is 4.98 Å². The first kappa shape index (κ1) is 19.8. The molecule has 4 aromatic rings. The van der Waals surface area contributed by atoms with Crippen LogP contribution >= 0.6 is 11.6 Å². The third kappa shape index (κ3) is 3.82. The van der Waals surface area contributed by atoms with Crippen LogP contribution < -0.4 is 14.8 Å². The topological polar surface area (TPSA) is 73.6 Å². The summed E-state index contributed by atoms with van der Waals surface area (Å²) in [6, 6.07) is 15.9. The number of methoxy groups -OCH3 is 2. The van der Waals surface area contributed by atoms with Gasteiger partial charge in [-0.3, -0.25) is 4.79 Å². The molecule has 0 bridgehead atoms. The van der Waals surface area contributed by atoms with Gasteiger partial charge in [-0.1, -0.05) is 17.7 Å². The molecule has 1 heterocycles. The molecule has 0 atom stereocenters. The molecular formula is C23H19ClN2O4. The molecule has 0 saturated carbocycles. The summed E-state index contributed by atoms with van der Waals surface area (Å²) in [4.78, 5) is 17.1. The van der Waals surface area contributed by atoms with Gasteiger partial charge < -0.3 is 19.2 Å². The van der Waals surface area contributed by atoms with Crippen LogP contribution in [0.4, 0.5) is 5.69 Å². The molecule has 152 valence electrons. The summed E-state index contributed by atoms with van der Waals surface area (Å²) in [6.07, 6.45) is 0. The molecule has 1 amide bonds. The van der Waals surface area contributed by atoms with Gasteiger partial charge in [-0.05, 0) is 61.0 Å². The van der Waals surface area contributed by atoms with Gasteiger partial charge >= 0.3 is 0 Å². The Labute approximate surface area is 178 Å². The normalized spacial score (nSPS) is 10.8. The lowest BCUT2D eigenvalue weighted by Crippen LogP contribution is -2.11. The van der Waals surface area contributed by atoms with Gasteiger partial charge in [0.15, 0.2) is 17.1 Å². The van der Waals surface area contributed by atoms with Crippen LogP contribution in [-0.4, -0.2) is 25.1 Å². The number of oxazole rings is 1. The van der Waals surface area contributed by atoms with Crippen LogP contribution in [0.1, 0.15) is 15.9 Å². The Morgan fingerprint density at radius 1 is 1.00 bits per heavy atom. The Hall–Kier alpha value is -3.51. The van der Waals surface area contributed by atoms with E-state index in [0.717, 1.165) is 11.1 Å². The van der Waals surface area contributed by atoms with E-state index in [0.29, 0.717) is 44.8 Å². The van der Waals surface area contributed by atoms with E-state index in [4.69, 9.17) is 25.5 Å². The van der Waals surface area contributed by atoms with E-state index < -0.39 is 0 Å². The number of ether oxygens (including phenoxy) is 2. The van der Waals surface area contributed by atoms with E-state index >= 15 is 0 Å². The summed E-state index contributed by atoms with van der Waals surface area (Å²) in [5.41, 5.74) is 3.99. The molecule has 7 heteroatoms. The first-order chi connectivity index (χ1) is 14.5. The molecule has 1 aromatic heterocycles. The van der Waals surface area contributed by atoms with Gasteiger partial charge in [-0.15, -0.1) is 0 Å². The van der Waals surface area contributed by atoms with Crippen molar-refractivity contribution in [2.24, 2.45) is 0 Å². The van der Waals surface area contributed by atoms with Gasteiger partial charge in [-0.2, -0.15) is 0 Å². The van der Waals surface area contributed by atoms with E-state index in [1.54, 1.807) is 56.7 Å². The zero-order valence-electron chi connectivity index (χ0n) is 16.7.